The number of rotatable bonds is 2. The average molecular weight is 376 g/mol. The van der Waals surface area contributed by atoms with E-state index in [2.05, 4.69) is 12.1 Å². The number of carbonyl (C=O) groups excluding carboxylic acids is 2. The third-order valence-electron chi connectivity index (χ3n) is 6.74. The lowest BCUT2D eigenvalue weighted by atomic mass is 9.66. The van der Waals surface area contributed by atoms with Crippen molar-refractivity contribution in [3.05, 3.63) is 59.7 Å². The molecule has 1 aliphatic carbocycles. The summed E-state index contributed by atoms with van der Waals surface area (Å²) in [5.41, 5.74) is 2.66. The van der Waals surface area contributed by atoms with E-state index in [4.69, 9.17) is 0 Å². The second kappa shape index (κ2) is 6.36. The number of fused-ring (bicyclic) bond motifs is 2. The summed E-state index contributed by atoms with van der Waals surface area (Å²) in [6.45, 7) is 1.27. The summed E-state index contributed by atoms with van der Waals surface area (Å²) in [7, 11) is 0. The largest absolute Gasteiger partial charge is 0.507 e. The topological polar surface area (TPSA) is 60.9 Å². The van der Waals surface area contributed by atoms with E-state index in [1.54, 1.807) is 23.1 Å². The summed E-state index contributed by atoms with van der Waals surface area (Å²) in [4.78, 5) is 30.1. The van der Waals surface area contributed by atoms with Crippen LogP contribution in [0.2, 0.25) is 0 Å². The highest BCUT2D eigenvalue weighted by atomic mass is 16.3. The third kappa shape index (κ3) is 2.45. The molecule has 3 aliphatic rings. The fraction of sp³-hybridized carbons (Fsp3) is 0.391. The Hall–Kier alpha value is -2.82. The fourth-order valence-electron chi connectivity index (χ4n) is 5.11. The first-order valence-corrected chi connectivity index (χ1v) is 10.1. The predicted octanol–water partition coefficient (Wildman–Crippen LogP) is 3.47. The van der Waals surface area contributed by atoms with E-state index in [0.29, 0.717) is 13.0 Å². The second-order valence-corrected chi connectivity index (χ2v) is 8.25. The Balaban J connectivity index is 1.44. The van der Waals surface area contributed by atoms with Crippen LogP contribution in [-0.4, -0.2) is 41.0 Å². The molecular weight excluding hydrogens is 352 g/mol. The van der Waals surface area contributed by atoms with E-state index in [0.717, 1.165) is 31.5 Å². The molecule has 0 aromatic heterocycles. The van der Waals surface area contributed by atoms with Crippen LogP contribution < -0.4 is 4.90 Å². The van der Waals surface area contributed by atoms with Crippen LogP contribution in [0.3, 0.4) is 0 Å². The van der Waals surface area contributed by atoms with Gasteiger partial charge in [-0.3, -0.25) is 9.59 Å². The van der Waals surface area contributed by atoms with Gasteiger partial charge in [-0.1, -0.05) is 36.8 Å². The maximum atomic E-state index is 13.5. The van der Waals surface area contributed by atoms with Crippen molar-refractivity contribution >= 4 is 17.5 Å². The molecule has 0 radical (unpaired) electrons. The van der Waals surface area contributed by atoms with E-state index in [-0.39, 0.29) is 28.5 Å². The number of hydrogen-bond donors (Lipinski definition) is 1. The zero-order valence-electron chi connectivity index (χ0n) is 15.8. The van der Waals surface area contributed by atoms with Crippen LogP contribution in [0.25, 0.3) is 0 Å². The minimum Gasteiger partial charge on any atom is -0.507 e. The Morgan fingerprint density at radius 1 is 1.00 bits per heavy atom. The highest BCUT2D eigenvalue weighted by Gasteiger charge is 2.50. The Kier molecular flexibility index (Phi) is 3.93. The highest BCUT2D eigenvalue weighted by Crippen LogP contribution is 2.52. The lowest BCUT2D eigenvalue weighted by molar-refractivity contribution is -0.122. The van der Waals surface area contributed by atoms with Crippen molar-refractivity contribution in [3.63, 3.8) is 0 Å². The molecule has 2 amide bonds. The molecule has 2 fully saturated rings. The van der Waals surface area contributed by atoms with Crippen molar-refractivity contribution in [3.8, 4) is 5.75 Å². The quantitative estimate of drug-likeness (QED) is 0.873. The number of phenols is 1. The molecule has 2 aliphatic heterocycles. The molecule has 2 aromatic carbocycles. The molecular formula is C23H24N2O3. The number of carbonyl (C=O) groups is 2. The van der Waals surface area contributed by atoms with Gasteiger partial charge in [-0.15, -0.1) is 0 Å². The lowest BCUT2D eigenvalue weighted by Gasteiger charge is -2.39. The van der Waals surface area contributed by atoms with Crippen LogP contribution in [0.1, 0.15) is 48.0 Å². The van der Waals surface area contributed by atoms with Crippen molar-refractivity contribution in [1.29, 1.82) is 0 Å². The van der Waals surface area contributed by atoms with Gasteiger partial charge >= 0.3 is 0 Å². The second-order valence-electron chi connectivity index (χ2n) is 8.25. The zero-order valence-corrected chi connectivity index (χ0v) is 15.8. The van der Waals surface area contributed by atoms with E-state index >= 15 is 0 Å². The molecule has 1 N–H and O–H groups in total. The molecule has 5 rings (SSSR count). The van der Waals surface area contributed by atoms with Crippen molar-refractivity contribution in [2.24, 2.45) is 0 Å². The Morgan fingerprint density at radius 2 is 1.75 bits per heavy atom. The minimum absolute atomic E-state index is 0.0116. The van der Waals surface area contributed by atoms with Crippen LogP contribution in [-0.2, 0) is 10.2 Å². The van der Waals surface area contributed by atoms with E-state index < -0.39 is 6.04 Å². The summed E-state index contributed by atoms with van der Waals surface area (Å²) in [6, 6.07) is 14.3. The molecule has 1 saturated heterocycles. The van der Waals surface area contributed by atoms with Crippen LogP contribution in [0.15, 0.2) is 48.5 Å². The minimum atomic E-state index is -0.463. The maximum absolute atomic E-state index is 13.5. The number of aromatic hydroxyl groups is 1. The van der Waals surface area contributed by atoms with Gasteiger partial charge in [0.1, 0.15) is 11.8 Å². The van der Waals surface area contributed by atoms with Crippen LogP contribution in [0.5, 0.6) is 5.75 Å². The SMILES string of the molecule is O=C(C1CCCN1C(=O)c1ccccc1O)N1CC2(CCC2)c2ccccc21. The summed E-state index contributed by atoms with van der Waals surface area (Å²) in [5.74, 6) is -0.289. The molecule has 5 nitrogen and oxygen atoms in total. The zero-order chi connectivity index (χ0) is 19.3. The number of para-hydroxylation sites is 2. The Bertz CT molecular complexity index is 950. The summed E-state index contributed by atoms with van der Waals surface area (Å²) < 4.78 is 0. The first kappa shape index (κ1) is 17.3. The summed E-state index contributed by atoms with van der Waals surface area (Å²) in [5, 5.41) is 10.1. The Morgan fingerprint density at radius 3 is 2.50 bits per heavy atom. The first-order valence-electron chi connectivity index (χ1n) is 10.1. The number of likely N-dealkylation sites (tertiary alicyclic amines) is 1. The number of hydrogen-bond acceptors (Lipinski definition) is 3. The number of amides is 2. The monoisotopic (exact) mass is 376 g/mol. The normalized spacial score (nSPS) is 22.2. The predicted molar refractivity (Wildman–Crippen MR) is 106 cm³/mol. The van der Waals surface area contributed by atoms with Crippen LogP contribution in [0.4, 0.5) is 5.69 Å². The maximum Gasteiger partial charge on any atom is 0.258 e. The number of benzene rings is 2. The van der Waals surface area contributed by atoms with Gasteiger partial charge in [0, 0.05) is 24.2 Å². The standard InChI is InChI=1S/C23H24N2O3/c26-20-11-4-1-7-16(20)21(27)24-14-5-10-19(24)22(28)25-15-23(12-6-13-23)17-8-2-3-9-18(17)25/h1-4,7-9,11,19,26H,5-6,10,12-15H2. The summed E-state index contributed by atoms with van der Waals surface area (Å²) in [6.07, 6.45) is 4.93. The molecule has 2 heterocycles. The van der Waals surface area contributed by atoms with Gasteiger partial charge in [0.05, 0.1) is 5.56 Å². The molecule has 2 aromatic rings. The van der Waals surface area contributed by atoms with Crippen LogP contribution in [0, 0.1) is 0 Å². The van der Waals surface area contributed by atoms with E-state index in [1.165, 1.54) is 18.1 Å². The lowest BCUT2D eigenvalue weighted by Crippen LogP contribution is -2.50. The number of anilines is 1. The molecule has 5 heteroatoms. The molecule has 1 saturated carbocycles. The van der Waals surface area contributed by atoms with Gasteiger partial charge in [-0.05, 0) is 49.4 Å². The number of nitrogens with zero attached hydrogens (tertiary/aromatic N) is 2. The summed E-state index contributed by atoms with van der Waals surface area (Å²) >= 11 is 0. The first-order chi connectivity index (χ1) is 13.6. The van der Waals surface area contributed by atoms with Crippen molar-refractivity contribution < 1.29 is 14.7 Å². The molecule has 144 valence electrons. The van der Waals surface area contributed by atoms with Gasteiger partial charge in [-0.25, -0.2) is 0 Å². The van der Waals surface area contributed by atoms with Crippen molar-refractivity contribution in [1.82, 2.24) is 4.90 Å². The van der Waals surface area contributed by atoms with E-state index in [9.17, 15) is 14.7 Å². The Labute approximate surface area is 164 Å². The van der Waals surface area contributed by atoms with Gasteiger partial charge in [0.15, 0.2) is 0 Å². The van der Waals surface area contributed by atoms with Gasteiger partial charge in [-0.2, -0.15) is 0 Å². The smallest absolute Gasteiger partial charge is 0.258 e. The van der Waals surface area contributed by atoms with Gasteiger partial charge in [0.2, 0.25) is 5.91 Å². The molecule has 0 bridgehead atoms. The van der Waals surface area contributed by atoms with Gasteiger partial charge < -0.3 is 14.9 Å². The van der Waals surface area contributed by atoms with Crippen LogP contribution >= 0.6 is 0 Å². The molecule has 1 atom stereocenters. The average Bonchev–Trinajstić information content (AvgIpc) is 3.30. The molecule has 1 spiro atoms. The van der Waals surface area contributed by atoms with Crippen molar-refractivity contribution in [2.45, 2.75) is 43.6 Å². The molecule has 1 unspecified atom stereocenters. The number of phenolic OH excluding ortho intramolecular Hbond substituents is 1. The highest BCUT2D eigenvalue weighted by molar-refractivity contribution is 6.04. The van der Waals surface area contributed by atoms with E-state index in [1.807, 2.05) is 17.0 Å². The van der Waals surface area contributed by atoms with Gasteiger partial charge in [0.25, 0.3) is 5.91 Å². The van der Waals surface area contributed by atoms with Crippen molar-refractivity contribution in [2.75, 3.05) is 18.0 Å². The fourth-order valence-corrected chi connectivity index (χ4v) is 5.11. The third-order valence-corrected chi connectivity index (χ3v) is 6.74. The molecule has 28 heavy (non-hydrogen) atoms.